The number of thiazole rings is 1. The number of rotatable bonds is 4. The first-order chi connectivity index (χ1) is 14.0. The number of aryl methyl sites for hydroxylation is 1. The summed E-state index contributed by atoms with van der Waals surface area (Å²) < 4.78 is 5.29. The van der Waals surface area contributed by atoms with Gasteiger partial charge in [-0.2, -0.15) is 0 Å². The monoisotopic (exact) mass is 420 g/mol. The fourth-order valence-electron chi connectivity index (χ4n) is 2.87. The highest BCUT2D eigenvalue weighted by molar-refractivity contribution is 7.80. The highest BCUT2D eigenvalue weighted by atomic mass is 32.1. The number of nitrogens with zero attached hydrogens (tertiary/aromatic N) is 3. The van der Waals surface area contributed by atoms with E-state index in [2.05, 4.69) is 10.1 Å². The van der Waals surface area contributed by atoms with Crippen molar-refractivity contribution in [2.75, 3.05) is 4.90 Å². The van der Waals surface area contributed by atoms with E-state index < -0.39 is 5.91 Å². The van der Waals surface area contributed by atoms with Crippen LogP contribution in [0.3, 0.4) is 0 Å². The molecule has 0 fully saturated rings. The van der Waals surface area contributed by atoms with Gasteiger partial charge in [0.05, 0.1) is 10.7 Å². The highest BCUT2D eigenvalue weighted by Gasteiger charge is 2.24. The van der Waals surface area contributed by atoms with Gasteiger partial charge in [-0.05, 0) is 42.4 Å². The second-order valence-electron chi connectivity index (χ2n) is 6.22. The first-order valence-corrected chi connectivity index (χ1v) is 10.0. The number of benzene rings is 2. The number of hydrogen-bond acceptors (Lipinski definition) is 6. The average molecular weight is 421 g/mol. The molecule has 0 bridgehead atoms. The summed E-state index contributed by atoms with van der Waals surface area (Å²) in [6, 6.07) is 18.9. The van der Waals surface area contributed by atoms with E-state index in [1.165, 1.54) is 16.2 Å². The molecule has 0 aliphatic carbocycles. The topological polar surface area (TPSA) is 85.2 Å². The summed E-state index contributed by atoms with van der Waals surface area (Å²) in [6.07, 6.45) is 0. The fraction of sp³-hybridized carbons (Fsp3) is 0.0476. The zero-order valence-corrected chi connectivity index (χ0v) is 17.0. The van der Waals surface area contributed by atoms with Crippen molar-refractivity contribution in [1.29, 1.82) is 0 Å². The van der Waals surface area contributed by atoms with Crippen LogP contribution in [0.4, 0.5) is 5.69 Å². The molecule has 0 unspecified atom stereocenters. The van der Waals surface area contributed by atoms with Gasteiger partial charge >= 0.3 is 0 Å². The highest BCUT2D eigenvalue weighted by Crippen LogP contribution is 2.26. The predicted octanol–water partition coefficient (Wildman–Crippen LogP) is 4.66. The minimum absolute atomic E-state index is 0.0727. The lowest BCUT2D eigenvalue weighted by Gasteiger charge is -2.20. The Bertz CT molecular complexity index is 1170. The number of carbonyl (C=O) groups is 1. The fourth-order valence-corrected chi connectivity index (χ4v) is 3.66. The Labute approximate surface area is 176 Å². The maximum atomic E-state index is 13.0. The third kappa shape index (κ3) is 3.94. The van der Waals surface area contributed by atoms with Crippen molar-refractivity contribution in [2.45, 2.75) is 6.92 Å². The van der Waals surface area contributed by atoms with Crippen molar-refractivity contribution in [1.82, 2.24) is 10.1 Å². The molecule has 2 N–H and O–H groups in total. The molecular formula is C21H16N4O2S2. The summed E-state index contributed by atoms with van der Waals surface area (Å²) in [5.74, 6) is -0.0491. The summed E-state index contributed by atoms with van der Waals surface area (Å²) in [4.78, 5) is 18.6. The second-order valence-corrected chi connectivity index (χ2v) is 7.70. The van der Waals surface area contributed by atoms with Gasteiger partial charge in [-0.25, -0.2) is 4.98 Å². The quantitative estimate of drug-likeness (QED) is 0.483. The van der Waals surface area contributed by atoms with Crippen molar-refractivity contribution in [3.05, 3.63) is 76.7 Å². The van der Waals surface area contributed by atoms with E-state index in [9.17, 15) is 4.79 Å². The molecule has 2 heterocycles. The zero-order chi connectivity index (χ0) is 20.4. The van der Waals surface area contributed by atoms with E-state index in [0.29, 0.717) is 17.1 Å². The third-order valence-corrected chi connectivity index (χ3v) is 5.21. The van der Waals surface area contributed by atoms with Crippen LogP contribution in [0.5, 0.6) is 0 Å². The summed E-state index contributed by atoms with van der Waals surface area (Å²) in [5.41, 5.74) is 9.23. The normalized spacial score (nSPS) is 10.7. The largest absolute Gasteiger partial charge is 0.376 e. The Morgan fingerprint density at radius 1 is 1.10 bits per heavy atom. The lowest BCUT2D eigenvalue weighted by molar-refractivity contribution is 0.0994. The molecule has 2 aromatic carbocycles. The molecular weight excluding hydrogens is 404 g/mol. The van der Waals surface area contributed by atoms with Crippen molar-refractivity contribution in [2.24, 2.45) is 5.73 Å². The van der Waals surface area contributed by atoms with Gasteiger partial charge in [0.25, 0.3) is 5.91 Å². The Morgan fingerprint density at radius 3 is 2.41 bits per heavy atom. The van der Waals surface area contributed by atoms with Gasteiger partial charge in [0.2, 0.25) is 0 Å². The smallest absolute Gasteiger partial charge is 0.286 e. The summed E-state index contributed by atoms with van der Waals surface area (Å²) in [5, 5.41) is 6.55. The lowest BCUT2D eigenvalue weighted by Crippen LogP contribution is -2.40. The number of aromatic nitrogens is 2. The summed E-state index contributed by atoms with van der Waals surface area (Å²) in [7, 11) is 0. The van der Waals surface area contributed by atoms with E-state index >= 15 is 0 Å². The van der Waals surface area contributed by atoms with Gasteiger partial charge in [-0.1, -0.05) is 47.6 Å². The summed E-state index contributed by atoms with van der Waals surface area (Å²) in [6.45, 7) is 1.89. The average Bonchev–Trinajstić information content (AvgIpc) is 3.38. The predicted molar refractivity (Wildman–Crippen MR) is 118 cm³/mol. The third-order valence-electron chi connectivity index (χ3n) is 4.26. The molecule has 0 atom stereocenters. The van der Waals surface area contributed by atoms with E-state index in [0.717, 1.165) is 16.1 Å². The van der Waals surface area contributed by atoms with Crippen LogP contribution in [0.15, 0.2) is 70.6 Å². The number of amides is 1. The molecule has 29 heavy (non-hydrogen) atoms. The molecule has 0 saturated heterocycles. The van der Waals surface area contributed by atoms with Crippen molar-refractivity contribution in [3.63, 3.8) is 0 Å². The molecule has 6 nitrogen and oxygen atoms in total. The van der Waals surface area contributed by atoms with Gasteiger partial charge in [-0.3, -0.25) is 9.69 Å². The molecule has 0 saturated carbocycles. The van der Waals surface area contributed by atoms with Crippen LogP contribution in [0.2, 0.25) is 0 Å². The summed E-state index contributed by atoms with van der Waals surface area (Å²) >= 11 is 6.61. The molecule has 0 aliphatic rings. The standard InChI is InChI=1S/C21H16N4O2S2/c1-13-23-18(12-29-13)19-11-17(24-27-19)20(26)25(21(22)28)16-9-7-15(8-10-16)14-5-3-2-4-6-14/h2-12H,1H3,(H2,22,28). The van der Waals surface area contributed by atoms with Gasteiger partial charge in [0, 0.05) is 11.4 Å². The minimum Gasteiger partial charge on any atom is -0.376 e. The van der Waals surface area contributed by atoms with Crippen LogP contribution >= 0.6 is 23.6 Å². The number of thiocarbonyl (C=S) groups is 1. The maximum absolute atomic E-state index is 13.0. The Kier molecular flexibility index (Phi) is 5.20. The van der Waals surface area contributed by atoms with E-state index in [4.69, 9.17) is 22.5 Å². The van der Waals surface area contributed by atoms with Crippen molar-refractivity contribution in [3.8, 4) is 22.6 Å². The van der Waals surface area contributed by atoms with E-state index in [-0.39, 0.29) is 10.8 Å². The van der Waals surface area contributed by atoms with Crippen LogP contribution < -0.4 is 10.6 Å². The number of carbonyl (C=O) groups excluding carboxylic acids is 1. The Morgan fingerprint density at radius 2 is 1.79 bits per heavy atom. The number of anilines is 1. The molecule has 144 valence electrons. The molecule has 4 rings (SSSR count). The zero-order valence-electron chi connectivity index (χ0n) is 15.4. The van der Waals surface area contributed by atoms with Gasteiger partial charge < -0.3 is 10.3 Å². The maximum Gasteiger partial charge on any atom is 0.286 e. The molecule has 0 spiro atoms. The Hall–Kier alpha value is -3.36. The van der Waals surface area contributed by atoms with E-state index in [1.54, 1.807) is 18.2 Å². The van der Waals surface area contributed by atoms with Gasteiger partial charge in [-0.15, -0.1) is 11.3 Å². The molecule has 0 radical (unpaired) electrons. The van der Waals surface area contributed by atoms with E-state index in [1.807, 2.05) is 54.8 Å². The first kappa shape index (κ1) is 19.0. The van der Waals surface area contributed by atoms with Crippen molar-refractivity contribution >= 4 is 40.3 Å². The molecule has 4 aromatic rings. The van der Waals surface area contributed by atoms with Gasteiger partial charge in [0.1, 0.15) is 5.69 Å². The molecule has 8 heteroatoms. The van der Waals surface area contributed by atoms with Crippen LogP contribution in [0, 0.1) is 6.92 Å². The van der Waals surface area contributed by atoms with Crippen molar-refractivity contribution < 1.29 is 9.32 Å². The SMILES string of the molecule is Cc1nc(-c2cc(C(=O)N(C(N)=S)c3ccc(-c4ccccc4)cc3)no2)cs1. The molecule has 0 aliphatic heterocycles. The first-order valence-electron chi connectivity index (χ1n) is 8.71. The minimum atomic E-state index is -0.466. The van der Waals surface area contributed by atoms with Gasteiger partial charge in [0.15, 0.2) is 16.6 Å². The lowest BCUT2D eigenvalue weighted by atomic mass is 10.1. The van der Waals surface area contributed by atoms with Crippen LogP contribution in [0.1, 0.15) is 15.5 Å². The molecule has 1 amide bonds. The van der Waals surface area contributed by atoms with Crippen LogP contribution in [-0.2, 0) is 0 Å². The van der Waals surface area contributed by atoms with Crippen LogP contribution in [0.25, 0.3) is 22.6 Å². The Balaban J connectivity index is 1.62. The molecule has 2 aromatic heterocycles. The number of nitrogens with two attached hydrogens (primary N) is 1. The second kappa shape index (κ2) is 7.94. The number of hydrogen-bond donors (Lipinski definition) is 1. The van der Waals surface area contributed by atoms with Crippen LogP contribution in [-0.4, -0.2) is 21.2 Å².